The Morgan fingerprint density at radius 2 is 1.96 bits per heavy atom. The van der Waals surface area contributed by atoms with Crippen LogP contribution in [0.2, 0.25) is 0 Å². The first-order chi connectivity index (χ1) is 11.5. The number of nitrogens with one attached hydrogen (secondary N) is 2. The fourth-order valence-corrected chi connectivity index (χ4v) is 3.89. The van der Waals surface area contributed by atoms with E-state index in [9.17, 15) is 18.0 Å². The van der Waals surface area contributed by atoms with Gasteiger partial charge < -0.3 is 15.2 Å². The van der Waals surface area contributed by atoms with Gasteiger partial charge in [-0.1, -0.05) is 12.8 Å². The number of halogens is 3. The van der Waals surface area contributed by atoms with Crippen LogP contribution in [-0.2, 0) is 0 Å². The van der Waals surface area contributed by atoms with Crippen LogP contribution in [0.4, 0.5) is 18.0 Å². The van der Waals surface area contributed by atoms with Gasteiger partial charge >= 0.3 is 12.2 Å². The number of hydrogen-bond donors (Lipinski definition) is 2. The van der Waals surface area contributed by atoms with E-state index in [-0.39, 0.29) is 6.04 Å². The normalized spacial score (nSPS) is 24.1. The molecule has 1 aliphatic carbocycles. The molecule has 0 unspecified atom stereocenters. The third kappa shape index (κ3) is 3.67. The van der Waals surface area contributed by atoms with Crippen LogP contribution < -0.4 is 5.32 Å². The molecule has 3 rings (SSSR count). The summed E-state index contributed by atoms with van der Waals surface area (Å²) in [5.74, 6) is 0.120. The maximum absolute atomic E-state index is 13.4. The van der Waals surface area contributed by atoms with E-state index in [1.54, 1.807) is 12.4 Å². The number of piperidine rings is 1. The third-order valence-corrected chi connectivity index (χ3v) is 5.10. The molecule has 0 radical (unpaired) electrons. The number of urea groups is 1. The van der Waals surface area contributed by atoms with E-state index in [0.29, 0.717) is 31.6 Å². The summed E-state index contributed by atoms with van der Waals surface area (Å²) in [6.45, 7) is 0.451. The molecule has 1 aromatic heterocycles. The second-order valence-corrected chi connectivity index (χ2v) is 6.69. The first kappa shape index (κ1) is 17.1. The Kier molecular flexibility index (Phi) is 5.01. The van der Waals surface area contributed by atoms with Gasteiger partial charge in [-0.3, -0.25) is 0 Å². The van der Waals surface area contributed by atoms with Crippen molar-refractivity contribution in [1.82, 2.24) is 20.2 Å². The predicted octanol–water partition coefficient (Wildman–Crippen LogP) is 3.77. The molecule has 8 heteroatoms. The molecule has 24 heavy (non-hydrogen) atoms. The van der Waals surface area contributed by atoms with Crippen molar-refractivity contribution in [3.8, 4) is 0 Å². The van der Waals surface area contributed by atoms with Crippen LogP contribution >= 0.6 is 0 Å². The molecular formula is C16H23F3N4O. The molecule has 1 aliphatic heterocycles. The molecule has 1 aromatic rings. The van der Waals surface area contributed by atoms with Crippen LogP contribution in [-0.4, -0.2) is 39.7 Å². The molecule has 2 aliphatic rings. The summed E-state index contributed by atoms with van der Waals surface area (Å²) >= 11 is 0. The van der Waals surface area contributed by atoms with Crippen molar-refractivity contribution in [1.29, 1.82) is 0 Å². The number of nitrogens with zero attached hydrogens (tertiary/aromatic N) is 2. The number of likely N-dealkylation sites (tertiary alicyclic amines) is 1. The second kappa shape index (κ2) is 7.03. The number of H-pyrrole nitrogens is 1. The number of aromatic nitrogens is 2. The summed E-state index contributed by atoms with van der Waals surface area (Å²) in [6, 6.07) is -2.68. The summed E-state index contributed by atoms with van der Waals surface area (Å²) in [7, 11) is 0. The summed E-state index contributed by atoms with van der Waals surface area (Å²) in [5.41, 5.74) is 0. The number of rotatable bonds is 3. The largest absolute Gasteiger partial charge is 0.408 e. The maximum Gasteiger partial charge on any atom is 0.408 e. The van der Waals surface area contributed by atoms with Crippen molar-refractivity contribution in [2.24, 2.45) is 5.92 Å². The van der Waals surface area contributed by atoms with Gasteiger partial charge in [0.25, 0.3) is 0 Å². The van der Waals surface area contributed by atoms with Crippen LogP contribution in [0.25, 0.3) is 0 Å². The van der Waals surface area contributed by atoms with Crippen LogP contribution in [0.15, 0.2) is 12.4 Å². The maximum atomic E-state index is 13.4. The molecule has 1 saturated carbocycles. The van der Waals surface area contributed by atoms with Crippen molar-refractivity contribution in [3.05, 3.63) is 18.2 Å². The number of hydrogen-bond acceptors (Lipinski definition) is 2. The molecule has 0 bridgehead atoms. The lowest BCUT2D eigenvalue weighted by atomic mass is 9.97. The first-order valence-corrected chi connectivity index (χ1v) is 8.60. The van der Waals surface area contributed by atoms with E-state index in [4.69, 9.17) is 0 Å². The number of aromatic amines is 1. The van der Waals surface area contributed by atoms with E-state index in [0.717, 1.165) is 25.7 Å². The minimum atomic E-state index is -4.42. The highest BCUT2D eigenvalue weighted by atomic mass is 19.4. The lowest BCUT2D eigenvalue weighted by molar-refractivity contribution is -0.165. The number of carbonyl (C=O) groups excluding carboxylic acids is 1. The Hall–Kier alpha value is -1.73. The van der Waals surface area contributed by atoms with Crippen LogP contribution in [0.3, 0.4) is 0 Å². The van der Waals surface area contributed by atoms with Crippen molar-refractivity contribution in [2.45, 2.75) is 63.2 Å². The SMILES string of the molecule is O=C(N[C@H](C1CCCC1)C(F)(F)F)N1CCCC[C@@H]1c1ncc[nH]1. The average Bonchev–Trinajstić information content (AvgIpc) is 3.24. The molecule has 2 fully saturated rings. The third-order valence-electron chi connectivity index (χ3n) is 5.10. The Morgan fingerprint density at radius 1 is 1.25 bits per heavy atom. The van der Waals surface area contributed by atoms with Crippen LogP contribution in [0.1, 0.15) is 56.8 Å². The fraction of sp³-hybridized carbons (Fsp3) is 0.750. The quantitative estimate of drug-likeness (QED) is 0.877. The molecule has 0 aromatic carbocycles. The van der Waals surface area contributed by atoms with E-state index < -0.39 is 24.2 Å². The molecule has 2 N–H and O–H groups in total. The monoisotopic (exact) mass is 344 g/mol. The van der Waals surface area contributed by atoms with E-state index in [2.05, 4.69) is 15.3 Å². The predicted molar refractivity (Wildman–Crippen MR) is 82.2 cm³/mol. The number of amides is 2. The molecule has 134 valence electrons. The first-order valence-electron chi connectivity index (χ1n) is 8.60. The highest BCUT2D eigenvalue weighted by molar-refractivity contribution is 5.75. The van der Waals surface area contributed by atoms with Crippen molar-refractivity contribution < 1.29 is 18.0 Å². The smallest absolute Gasteiger partial charge is 0.347 e. The van der Waals surface area contributed by atoms with Gasteiger partial charge in [-0.05, 0) is 38.0 Å². The van der Waals surface area contributed by atoms with E-state index in [1.807, 2.05) is 0 Å². The topological polar surface area (TPSA) is 61.0 Å². The Morgan fingerprint density at radius 3 is 2.58 bits per heavy atom. The standard InChI is InChI=1S/C16H23F3N4O/c17-16(18,19)13(11-5-1-2-6-11)22-15(24)23-10-4-3-7-12(23)14-20-8-9-21-14/h8-9,11-13H,1-7,10H2,(H,20,21)(H,22,24)/t12-,13-/m1/s1. The molecule has 2 atom stereocenters. The van der Waals surface area contributed by atoms with Crippen molar-refractivity contribution >= 4 is 6.03 Å². The zero-order valence-corrected chi connectivity index (χ0v) is 13.5. The van der Waals surface area contributed by atoms with Gasteiger partial charge in [0.1, 0.15) is 11.9 Å². The Labute approximate surface area is 139 Å². The highest BCUT2D eigenvalue weighted by Gasteiger charge is 2.47. The molecule has 0 spiro atoms. The average molecular weight is 344 g/mol. The molecule has 5 nitrogen and oxygen atoms in total. The highest BCUT2D eigenvalue weighted by Crippen LogP contribution is 2.36. The summed E-state index contributed by atoms with van der Waals surface area (Å²) < 4.78 is 40.3. The fourth-order valence-electron chi connectivity index (χ4n) is 3.89. The van der Waals surface area contributed by atoms with Gasteiger partial charge in [-0.2, -0.15) is 13.2 Å². The zero-order chi connectivity index (χ0) is 17.2. The van der Waals surface area contributed by atoms with Crippen molar-refractivity contribution in [3.63, 3.8) is 0 Å². The van der Waals surface area contributed by atoms with Gasteiger partial charge in [0, 0.05) is 18.9 Å². The molecule has 1 saturated heterocycles. The van der Waals surface area contributed by atoms with Gasteiger partial charge in [0.05, 0.1) is 6.04 Å². The van der Waals surface area contributed by atoms with Gasteiger partial charge in [0.2, 0.25) is 0 Å². The second-order valence-electron chi connectivity index (χ2n) is 6.69. The molecular weight excluding hydrogens is 321 g/mol. The van der Waals surface area contributed by atoms with Crippen molar-refractivity contribution in [2.75, 3.05) is 6.54 Å². The summed E-state index contributed by atoms with van der Waals surface area (Å²) in [6.07, 6.45) is 3.91. The van der Waals surface area contributed by atoms with Gasteiger partial charge in [-0.25, -0.2) is 9.78 Å². The number of carbonyl (C=O) groups is 1. The summed E-state index contributed by atoms with van der Waals surface area (Å²) in [4.78, 5) is 21.2. The minimum Gasteiger partial charge on any atom is -0.347 e. The Balaban J connectivity index is 1.73. The van der Waals surface area contributed by atoms with Crippen LogP contribution in [0.5, 0.6) is 0 Å². The number of imidazole rings is 1. The molecule has 2 amide bonds. The lowest BCUT2D eigenvalue weighted by Crippen LogP contribution is -2.55. The van der Waals surface area contributed by atoms with Gasteiger partial charge in [-0.15, -0.1) is 0 Å². The summed E-state index contributed by atoms with van der Waals surface area (Å²) in [5, 5.41) is 2.28. The molecule has 2 heterocycles. The van der Waals surface area contributed by atoms with Crippen LogP contribution in [0, 0.1) is 5.92 Å². The van der Waals surface area contributed by atoms with E-state index in [1.165, 1.54) is 4.90 Å². The van der Waals surface area contributed by atoms with E-state index >= 15 is 0 Å². The Bertz CT molecular complexity index is 540. The zero-order valence-electron chi connectivity index (χ0n) is 13.5. The lowest BCUT2D eigenvalue weighted by Gasteiger charge is -2.37. The minimum absolute atomic E-state index is 0.286. The van der Waals surface area contributed by atoms with Gasteiger partial charge in [0.15, 0.2) is 0 Å². The number of alkyl halides is 3.